The minimum absolute atomic E-state index is 0.161. The van der Waals surface area contributed by atoms with E-state index < -0.39 is 11.4 Å². The van der Waals surface area contributed by atoms with E-state index in [1.807, 2.05) is 6.92 Å². The Kier molecular flexibility index (Phi) is 3.96. The standard InChI is InChI=1S/C13H18N2O5/c1-3-13(12(17)18)4-5-15(8-13)11(16)7-19-10-6-9(2)20-14-10/h6H,3-5,7-8H2,1-2H3,(H,17,18). The maximum atomic E-state index is 12.0. The van der Waals surface area contributed by atoms with Gasteiger partial charge in [-0.25, -0.2) is 0 Å². The number of aromatic nitrogens is 1. The molecule has 2 heterocycles. The highest BCUT2D eigenvalue weighted by Crippen LogP contribution is 2.34. The van der Waals surface area contributed by atoms with Crippen molar-refractivity contribution < 1.29 is 24.0 Å². The maximum Gasteiger partial charge on any atom is 0.311 e. The topological polar surface area (TPSA) is 92.9 Å². The highest BCUT2D eigenvalue weighted by Gasteiger charge is 2.44. The van der Waals surface area contributed by atoms with Gasteiger partial charge in [0.1, 0.15) is 5.76 Å². The summed E-state index contributed by atoms with van der Waals surface area (Å²) in [6, 6.07) is 1.59. The Morgan fingerprint density at radius 1 is 1.60 bits per heavy atom. The van der Waals surface area contributed by atoms with Crippen molar-refractivity contribution in [3.8, 4) is 5.88 Å². The zero-order valence-corrected chi connectivity index (χ0v) is 11.6. The first-order valence-corrected chi connectivity index (χ1v) is 6.54. The summed E-state index contributed by atoms with van der Waals surface area (Å²) in [4.78, 5) is 24.8. The largest absolute Gasteiger partial charge is 0.481 e. The Bertz CT molecular complexity index is 513. The molecule has 20 heavy (non-hydrogen) atoms. The van der Waals surface area contributed by atoms with Crippen LogP contribution in [0.5, 0.6) is 5.88 Å². The Hall–Kier alpha value is -2.05. The van der Waals surface area contributed by atoms with Gasteiger partial charge in [0.05, 0.1) is 5.41 Å². The molecule has 1 fully saturated rings. The zero-order chi connectivity index (χ0) is 14.8. The van der Waals surface area contributed by atoms with Crippen molar-refractivity contribution in [2.45, 2.75) is 26.7 Å². The molecule has 1 amide bonds. The number of nitrogens with zero attached hydrogens (tertiary/aromatic N) is 2. The van der Waals surface area contributed by atoms with Crippen molar-refractivity contribution in [1.82, 2.24) is 10.1 Å². The predicted octanol–water partition coefficient (Wildman–Crippen LogP) is 1.08. The van der Waals surface area contributed by atoms with Gasteiger partial charge in [-0.2, -0.15) is 0 Å². The van der Waals surface area contributed by atoms with E-state index in [0.717, 1.165) is 0 Å². The van der Waals surface area contributed by atoms with Gasteiger partial charge < -0.3 is 19.3 Å². The fourth-order valence-electron chi connectivity index (χ4n) is 2.34. The van der Waals surface area contributed by atoms with Gasteiger partial charge in [-0.1, -0.05) is 6.92 Å². The van der Waals surface area contributed by atoms with Crippen molar-refractivity contribution in [1.29, 1.82) is 0 Å². The molecule has 1 aliphatic rings. The summed E-state index contributed by atoms with van der Waals surface area (Å²) in [6.07, 6.45) is 0.989. The van der Waals surface area contributed by atoms with Gasteiger partial charge in [-0.05, 0) is 24.9 Å². The number of carbonyl (C=O) groups excluding carboxylic acids is 1. The highest BCUT2D eigenvalue weighted by atomic mass is 16.5. The minimum atomic E-state index is -0.844. The van der Waals surface area contributed by atoms with E-state index in [-0.39, 0.29) is 24.9 Å². The van der Waals surface area contributed by atoms with Crippen molar-refractivity contribution in [3.63, 3.8) is 0 Å². The molecule has 110 valence electrons. The van der Waals surface area contributed by atoms with Gasteiger partial charge in [-0.3, -0.25) is 9.59 Å². The summed E-state index contributed by atoms with van der Waals surface area (Å²) >= 11 is 0. The first-order chi connectivity index (χ1) is 9.47. The number of hydrogen-bond donors (Lipinski definition) is 1. The lowest BCUT2D eigenvalue weighted by molar-refractivity contribution is -0.148. The monoisotopic (exact) mass is 282 g/mol. The van der Waals surface area contributed by atoms with E-state index in [4.69, 9.17) is 9.26 Å². The number of aryl methyl sites for hydroxylation is 1. The molecule has 1 saturated heterocycles. The second-order valence-corrected chi connectivity index (χ2v) is 5.07. The average Bonchev–Trinajstić information content (AvgIpc) is 3.03. The van der Waals surface area contributed by atoms with E-state index >= 15 is 0 Å². The Labute approximate surface area is 116 Å². The molecule has 1 atom stereocenters. The Morgan fingerprint density at radius 3 is 2.85 bits per heavy atom. The maximum absolute atomic E-state index is 12.0. The number of hydrogen-bond acceptors (Lipinski definition) is 5. The summed E-state index contributed by atoms with van der Waals surface area (Å²) < 4.78 is 10.0. The van der Waals surface area contributed by atoms with Crippen LogP contribution in [0.1, 0.15) is 25.5 Å². The minimum Gasteiger partial charge on any atom is -0.481 e. The van der Waals surface area contributed by atoms with Gasteiger partial charge in [0, 0.05) is 19.2 Å². The third-order valence-corrected chi connectivity index (χ3v) is 3.79. The summed E-state index contributed by atoms with van der Waals surface area (Å²) in [5, 5.41) is 12.9. The molecule has 1 N–H and O–H groups in total. The number of carbonyl (C=O) groups is 2. The van der Waals surface area contributed by atoms with Crippen molar-refractivity contribution in [2.75, 3.05) is 19.7 Å². The molecule has 1 aliphatic heterocycles. The molecule has 1 unspecified atom stereocenters. The van der Waals surface area contributed by atoms with Crippen LogP contribution in [0.25, 0.3) is 0 Å². The Morgan fingerprint density at radius 2 is 2.35 bits per heavy atom. The van der Waals surface area contributed by atoms with Crippen LogP contribution in [0, 0.1) is 12.3 Å². The number of likely N-dealkylation sites (tertiary alicyclic amines) is 1. The number of aliphatic carboxylic acids is 1. The van der Waals surface area contributed by atoms with Gasteiger partial charge in [0.25, 0.3) is 11.8 Å². The number of ether oxygens (including phenoxy) is 1. The van der Waals surface area contributed by atoms with Crippen LogP contribution in [0.4, 0.5) is 0 Å². The van der Waals surface area contributed by atoms with Gasteiger partial charge >= 0.3 is 5.97 Å². The Balaban J connectivity index is 1.90. The van der Waals surface area contributed by atoms with E-state index in [1.54, 1.807) is 13.0 Å². The molecular weight excluding hydrogens is 264 g/mol. The molecule has 7 nitrogen and oxygen atoms in total. The van der Waals surface area contributed by atoms with Gasteiger partial charge in [0.2, 0.25) is 0 Å². The molecule has 0 radical (unpaired) electrons. The lowest BCUT2D eigenvalue weighted by Gasteiger charge is -2.22. The van der Waals surface area contributed by atoms with Crippen molar-refractivity contribution in [3.05, 3.63) is 11.8 Å². The summed E-state index contributed by atoms with van der Waals surface area (Å²) in [5.41, 5.74) is -0.819. The fraction of sp³-hybridized carbons (Fsp3) is 0.615. The lowest BCUT2D eigenvalue weighted by Crippen LogP contribution is -2.38. The molecule has 0 spiro atoms. The third-order valence-electron chi connectivity index (χ3n) is 3.79. The second-order valence-electron chi connectivity index (χ2n) is 5.07. The first-order valence-electron chi connectivity index (χ1n) is 6.54. The predicted molar refractivity (Wildman–Crippen MR) is 68.3 cm³/mol. The first kappa shape index (κ1) is 14.4. The second kappa shape index (κ2) is 5.52. The summed E-state index contributed by atoms with van der Waals surface area (Å²) in [6.45, 7) is 4.08. The van der Waals surface area contributed by atoms with Crippen LogP contribution in [0.15, 0.2) is 10.6 Å². The summed E-state index contributed by atoms with van der Waals surface area (Å²) in [7, 11) is 0. The summed E-state index contributed by atoms with van der Waals surface area (Å²) in [5.74, 6) is -0.217. The lowest BCUT2D eigenvalue weighted by atomic mass is 9.84. The van der Waals surface area contributed by atoms with E-state index in [1.165, 1.54) is 4.90 Å². The quantitative estimate of drug-likeness (QED) is 0.868. The number of carboxylic acid groups (broad SMARTS) is 1. The number of amides is 1. The molecule has 0 aliphatic carbocycles. The molecule has 0 saturated carbocycles. The van der Waals surface area contributed by atoms with E-state index in [2.05, 4.69) is 5.16 Å². The van der Waals surface area contributed by atoms with Crippen molar-refractivity contribution >= 4 is 11.9 Å². The van der Waals surface area contributed by atoms with Crippen LogP contribution in [0.2, 0.25) is 0 Å². The van der Waals surface area contributed by atoms with Gasteiger partial charge in [0.15, 0.2) is 6.61 Å². The third kappa shape index (κ3) is 2.76. The number of carboxylic acids is 1. The van der Waals surface area contributed by atoms with Crippen LogP contribution in [-0.2, 0) is 9.59 Å². The van der Waals surface area contributed by atoms with Gasteiger partial charge in [-0.15, -0.1) is 0 Å². The molecule has 2 rings (SSSR count). The van der Waals surface area contributed by atoms with Crippen LogP contribution >= 0.6 is 0 Å². The molecule has 1 aromatic heterocycles. The molecule has 0 bridgehead atoms. The molecule has 1 aromatic rings. The fourth-order valence-corrected chi connectivity index (χ4v) is 2.34. The van der Waals surface area contributed by atoms with Crippen LogP contribution in [0.3, 0.4) is 0 Å². The van der Waals surface area contributed by atoms with Crippen LogP contribution < -0.4 is 4.74 Å². The van der Waals surface area contributed by atoms with E-state index in [0.29, 0.717) is 25.1 Å². The van der Waals surface area contributed by atoms with E-state index in [9.17, 15) is 14.7 Å². The molecule has 7 heteroatoms. The number of rotatable bonds is 5. The normalized spacial score (nSPS) is 22.0. The molecular formula is C13H18N2O5. The SMILES string of the molecule is CCC1(C(=O)O)CCN(C(=O)COc2cc(C)on2)C1. The van der Waals surface area contributed by atoms with Crippen LogP contribution in [-0.4, -0.2) is 46.7 Å². The van der Waals surface area contributed by atoms with Crippen molar-refractivity contribution in [2.24, 2.45) is 5.41 Å². The molecule has 0 aromatic carbocycles. The smallest absolute Gasteiger partial charge is 0.311 e. The average molecular weight is 282 g/mol. The zero-order valence-electron chi connectivity index (χ0n) is 11.6. The highest BCUT2D eigenvalue weighted by molar-refractivity contribution is 5.81.